The van der Waals surface area contributed by atoms with E-state index in [0.717, 1.165) is 51.0 Å². The summed E-state index contributed by atoms with van der Waals surface area (Å²) in [5.74, 6) is 2.14. The number of aryl methyl sites for hydroxylation is 1. The largest absolute Gasteiger partial charge is 0.497 e. The molecule has 0 saturated carbocycles. The van der Waals surface area contributed by atoms with Gasteiger partial charge < -0.3 is 19.3 Å². The van der Waals surface area contributed by atoms with E-state index in [1.54, 1.807) is 7.11 Å². The van der Waals surface area contributed by atoms with Gasteiger partial charge in [-0.3, -0.25) is 4.79 Å². The molecule has 0 amide bonds. The first-order valence-electron chi connectivity index (χ1n) is 20.2. The van der Waals surface area contributed by atoms with Crippen LogP contribution in [-0.2, 0) is 5.41 Å². The van der Waals surface area contributed by atoms with Crippen molar-refractivity contribution in [1.29, 1.82) is 0 Å². The summed E-state index contributed by atoms with van der Waals surface area (Å²) < 4.78 is 11.7. The van der Waals surface area contributed by atoms with Gasteiger partial charge >= 0.3 is 0 Å². The van der Waals surface area contributed by atoms with Gasteiger partial charge in [0.25, 0.3) is 0 Å². The van der Waals surface area contributed by atoms with Crippen molar-refractivity contribution >= 4 is 39.9 Å². The second-order valence-corrected chi connectivity index (χ2v) is 15.9. The fourth-order valence-electron chi connectivity index (χ4n) is 7.26. The number of methoxy groups -OCH3 is 1. The molecule has 0 saturated heterocycles. The Morgan fingerprint density at radius 3 is 1.20 bits per heavy atom. The van der Waals surface area contributed by atoms with E-state index < -0.39 is 0 Å². The van der Waals surface area contributed by atoms with Crippen LogP contribution < -0.4 is 19.3 Å². The van der Waals surface area contributed by atoms with Crippen LogP contribution in [0.2, 0.25) is 0 Å². The lowest BCUT2D eigenvalue weighted by Crippen LogP contribution is -2.12. The van der Waals surface area contributed by atoms with Crippen molar-refractivity contribution in [2.45, 2.75) is 33.1 Å². The zero-order chi connectivity index (χ0) is 41.6. The van der Waals surface area contributed by atoms with Crippen LogP contribution in [0.4, 0.5) is 34.1 Å². The Bertz CT molecular complexity index is 2650. The highest BCUT2D eigenvalue weighted by molar-refractivity contribution is 6.09. The minimum absolute atomic E-state index is 0.0148. The number of carbonyl (C=O) groups is 1. The summed E-state index contributed by atoms with van der Waals surface area (Å²) in [7, 11) is 1.68. The van der Waals surface area contributed by atoms with Gasteiger partial charge in [0.1, 0.15) is 17.2 Å². The zero-order valence-electron chi connectivity index (χ0n) is 34.7. The average molecular weight is 785 g/mol. The van der Waals surface area contributed by atoms with E-state index in [-0.39, 0.29) is 11.2 Å². The molecule has 0 bridgehead atoms. The number of carbonyl (C=O) groups excluding carboxylic acids is 1. The molecule has 0 atom stereocenters. The van der Waals surface area contributed by atoms with E-state index in [1.807, 2.05) is 85.8 Å². The average Bonchev–Trinajstić information content (AvgIpc) is 3.28. The van der Waals surface area contributed by atoms with Crippen LogP contribution in [0.3, 0.4) is 0 Å². The smallest absolute Gasteiger partial charge is 0.193 e. The molecule has 0 aromatic heterocycles. The molecular formula is C55H48N2O3. The third-order valence-electron chi connectivity index (χ3n) is 10.7. The molecular weight excluding hydrogens is 737 g/mol. The third kappa shape index (κ3) is 8.86. The minimum Gasteiger partial charge on any atom is -0.497 e. The van der Waals surface area contributed by atoms with E-state index >= 15 is 0 Å². The minimum atomic E-state index is -0.0148. The fourth-order valence-corrected chi connectivity index (χ4v) is 7.26. The molecule has 5 nitrogen and oxygen atoms in total. The fraction of sp³-hybridized carbons (Fsp3) is 0.109. The Balaban J connectivity index is 1.09. The normalized spacial score (nSPS) is 11.2. The second kappa shape index (κ2) is 17.2. The number of ether oxygens (including phenoxy) is 2. The molecule has 5 heteroatoms. The topological polar surface area (TPSA) is 42.0 Å². The summed E-state index contributed by atoms with van der Waals surface area (Å²) >= 11 is 0. The molecule has 0 N–H and O–H groups in total. The Morgan fingerprint density at radius 2 is 0.767 bits per heavy atom. The first kappa shape index (κ1) is 39.5. The monoisotopic (exact) mass is 784 g/mol. The summed E-state index contributed by atoms with van der Waals surface area (Å²) in [5.41, 5.74) is 12.3. The molecule has 8 aromatic rings. The van der Waals surface area contributed by atoms with Crippen molar-refractivity contribution in [3.8, 4) is 28.4 Å². The highest BCUT2D eigenvalue weighted by atomic mass is 16.5. The number of hydrogen-bond acceptors (Lipinski definition) is 5. The summed E-state index contributed by atoms with van der Waals surface area (Å²) in [6.07, 6.45) is 0. The van der Waals surface area contributed by atoms with E-state index in [1.165, 1.54) is 11.1 Å². The molecule has 8 aromatic carbocycles. The van der Waals surface area contributed by atoms with Gasteiger partial charge in [-0.1, -0.05) is 105 Å². The van der Waals surface area contributed by atoms with Crippen molar-refractivity contribution in [1.82, 2.24) is 0 Å². The number of nitrogens with zero attached hydrogens (tertiary/aromatic N) is 2. The Morgan fingerprint density at radius 1 is 0.417 bits per heavy atom. The van der Waals surface area contributed by atoms with E-state index in [0.29, 0.717) is 22.6 Å². The van der Waals surface area contributed by atoms with Crippen molar-refractivity contribution in [3.05, 3.63) is 222 Å². The first-order valence-corrected chi connectivity index (χ1v) is 20.2. The lowest BCUT2D eigenvalue weighted by molar-refractivity contribution is 0.103. The van der Waals surface area contributed by atoms with E-state index in [4.69, 9.17) is 9.47 Å². The first-order chi connectivity index (χ1) is 29.1. The molecule has 60 heavy (non-hydrogen) atoms. The standard InChI is InChI=1S/C55H48N2O3/c1-39-11-13-42(14-12-39)54(58)43-19-33-52(34-20-43)60-53-37-31-50(32-38-53)57(46-23-17-41(18-24-46)40-15-21-44(22-16-40)55(2,3)4)48-27-25-47(26-28-48)56(45-9-7-6-8-10-45)49-29-35-51(59-5)36-30-49/h6-38H,1-5H3. The molecule has 0 aliphatic carbocycles. The number of anilines is 6. The zero-order valence-corrected chi connectivity index (χ0v) is 34.7. The van der Waals surface area contributed by atoms with Crippen LogP contribution in [0, 0.1) is 6.92 Å². The number of ketones is 1. The Labute approximate surface area is 353 Å². The predicted molar refractivity (Wildman–Crippen MR) is 248 cm³/mol. The number of rotatable bonds is 12. The van der Waals surface area contributed by atoms with Gasteiger partial charge in [0.15, 0.2) is 5.78 Å². The Kier molecular flexibility index (Phi) is 11.3. The lowest BCUT2D eigenvalue weighted by Gasteiger charge is -2.28. The van der Waals surface area contributed by atoms with Crippen LogP contribution in [0.5, 0.6) is 17.2 Å². The van der Waals surface area contributed by atoms with Crippen molar-refractivity contribution in [3.63, 3.8) is 0 Å². The maximum absolute atomic E-state index is 13.0. The number of para-hydroxylation sites is 1. The summed E-state index contributed by atoms with van der Waals surface area (Å²) in [5, 5.41) is 0. The molecule has 0 radical (unpaired) electrons. The molecule has 0 aliphatic rings. The maximum atomic E-state index is 13.0. The predicted octanol–water partition coefficient (Wildman–Crippen LogP) is 14.9. The molecule has 0 aliphatic heterocycles. The van der Waals surface area contributed by atoms with E-state index in [9.17, 15) is 4.79 Å². The molecule has 8 rings (SSSR count). The molecule has 0 heterocycles. The SMILES string of the molecule is COc1ccc(N(c2ccccc2)c2ccc(N(c3ccc(Oc4ccc(C(=O)c5ccc(C)cc5)cc4)cc3)c3ccc(-c4ccc(C(C)(C)C)cc4)cc3)cc2)cc1. The van der Waals surface area contributed by atoms with Crippen molar-refractivity contribution in [2.24, 2.45) is 0 Å². The molecule has 0 fully saturated rings. The van der Waals surface area contributed by atoms with Crippen LogP contribution in [0.15, 0.2) is 200 Å². The van der Waals surface area contributed by atoms with Crippen LogP contribution in [0.25, 0.3) is 11.1 Å². The molecule has 0 spiro atoms. The van der Waals surface area contributed by atoms with Crippen LogP contribution in [-0.4, -0.2) is 12.9 Å². The quantitative estimate of drug-likeness (QED) is 0.115. The lowest BCUT2D eigenvalue weighted by atomic mass is 9.86. The maximum Gasteiger partial charge on any atom is 0.193 e. The van der Waals surface area contributed by atoms with Gasteiger partial charge in [0.05, 0.1) is 7.11 Å². The van der Waals surface area contributed by atoms with E-state index in [2.05, 4.69) is 152 Å². The summed E-state index contributed by atoms with van der Waals surface area (Å²) in [6.45, 7) is 8.73. The van der Waals surface area contributed by atoms with Gasteiger partial charge in [-0.25, -0.2) is 0 Å². The summed E-state index contributed by atoms with van der Waals surface area (Å²) in [4.78, 5) is 17.5. The third-order valence-corrected chi connectivity index (χ3v) is 10.7. The number of hydrogen-bond donors (Lipinski definition) is 0. The van der Waals surface area contributed by atoms with Gasteiger partial charge in [0, 0.05) is 45.3 Å². The van der Waals surface area contributed by atoms with Crippen molar-refractivity contribution < 1.29 is 14.3 Å². The molecule has 0 unspecified atom stereocenters. The molecule has 296 valence electrons. The highest BCUT2D eigenvalue weighted by Crippen LogP contribution is 2.40. The number of benzene rings is 8. The highest BCUT2D eigenvalue weighted by Gasteiger charge is 2.18. The van der Waals surface area contributed by atoms with Crippen LogP contribution >= 0.6 is 0 Å². The van der Waals surface area contributed by atoms with Crippen LogP contribution in [0.1, 0.15) is 47.8 Å². The van der Waals surface area contributed by atoms with Gasteiger partial charge in [-0.2, -0.15) is 0 Å². The second-order valence-electron chi connectivity index (χ2n) is 15.9. The Hall–Kier alpha value is -7.37. The van der Waals surface area contributed by atoms with Gasteiger partial charge in [-0.05, 0) is 150 Å². The van der Waals surface area contributed by atoms with Gasteiger partial charge in [0.2, 0.25) is 0 Å². The van der Waals surface area contributed by atoms with Crippen molar-refractivity contribution in [2.75, 3.05) is 16.9 Å². The summed E-state index contributed by atoms with van der Waals surface area (Å²) in [6, 6.07) is 67.8. The van der Waals surface area contributed by atoms with Gasteiger partial charge in [-0.15, -0.1) is 0 Å².